The van der Waals surface area contributed by atoms with Crippen LogP contribution in [0.2, 0.25) is 0 Å². The monoisotopic (exact) mass is 205 g/mol. The zero-order valence-corrected chi connectivity index (χ0v) is 9.01. The summed E-state index contributed by atoms with van der Waals surface area (Å²) in [6.45, 7) is 2.41. The average molecular weight is 206 g/mol. The maximum absolute atomic E-state index is 10.4. The molecule has 1 N–H and O–H groups in total. The van der Waals surface area contributed by atoms with E-state index in [0.29, 0.717) is 5.57 Å². The van der Waals surface area contributed by atoms with E-state index < -0.39 is 5.97 Å². The van der Waals surface area contributed by atoms with Crippen molar-refractivity contribution in [2.75, 3.05) is 20.6 Å². The first-order valence-corrected chi connectivity index (χ1v) is 4.57. The number of aliphatic carboxylic acids is 1. The molecule has 0 heterocycles. The Morgan fingerprint density at radius 1 is 1.62 bits per heavy atom. The molecule has 0 aliphatic heterocycles. The number of carboxylic acids is 1. The van der Waals surface area contributed by atoms with Crippen molar-refractivity contribution in [3.05, 3.63) is 11.6 Å². The van der Waals surface area contributed by atoms with Crippen molar-refractivity contribution >= 4 is 17.6 Å². The number of nitrogens with zero attached hydrogens (tertiary/aromatic N) is 1. The fourth-order valence-corrected chi connectivity index (χ4v) is 1.09. The summed E-state index contributed by atoms with van der Waals surface area (Å²) in [4.78, 5) is 12.4. The van der Waals surface area contributed by atoms with E-state index in [1.54, 1.807) is 13.0 Å². The standard InChI is InChI=1S/C9H16ClNO2/c1-7(9(12)13)6-8(10)4-5-11(2)3/h6,8H,4-5H2,1-3H3,(H,12,13). The summed E-state index contributed by atoms with van der Waals surface area (Å²) in [5.74, 6) is -0.907. The van der Waals surface area contributed by atoms with Gasteiger partial charge in [-0.05, 0) is 34.0 Å². The number of halogens is 1. The molecular weight excluding hydrogens is 190 g/mol. The third-order valence-electron chi connectivity index (χ3n) is 1.62. The Bertz CT molecular complexity index is 202. The Balaban J connectivity index is 3.92. The average Bonchev–Trinajstić information content (AvgIpc) is 2.00. The van der Waals surface area contributed by atoms with Crippen LogP contribution in [-0.4, -0.2) is 42.0 Å². The fraction of sp³-hybridized carbons (Fsp3) is 0.667. The van der Waals surface area contributed by atoms with Crippen LogP contribution in [0.15, 0.2) is 11.6 Å². The normalized spacial score (nSPS) is 14.7. The summed E-state index contributed by atoms with van der Waals surface area (Å²) in [7, 11) is 3.91. The molecule has 0 bridgehead atoms. The quantitative estimate of drug-likeness (QED) is 0.547. The molecule has 4 heteroatoms. The lowest BCUT2D eigenvalue weighted by Crippen LogP contribution is -2.16. The molecule has 0 radical (unpaired) electrons. The number of hydrogen-bond acceptors (Lipinski definition) is 2. The van der Waals surface area contributed by atoms with Crippen LogP contribution >= 0.6 is 11.6 Å². The Morgan fingerprint density at radius 2 is 2.15 bits per heavy atom. The molecule has 0 aromatic carbocycles. The molecule has 0 aromatic heterocycles. The lowest BCUT2D eigenvalue weighted by Gasteiger charge is -2.10. The van der Waals surface area contributed by atoms with Gasteiger partial charge < -0.3 is 10.0 Å². The Kier molecular flexibility index (Phi) is 5.75. The first kappa shape index (κ1) is 12.5. The van der Waals surface area contributed by atoms with Crippen molar-refractivity contribution in [1.29, 1.82) is 0 Å². The van der Waals surface area contributed by atoms with Crippen LogP contribution in [0, 0.1) is 0 Å². The van der Waals surface area contributed by atoms with E-state index in [-0.39, 0.29) is 5.38 Å². The lowest BCUT2D eigenvalue weighted by atomic mass is 10.2. The number of allylic oxidation sites excluding steroid dienone is 1. The SMILES string of the molecule is CC(=CC(Cl)CCN(C)C)C(=O)O. The molecule has 0 saturated heterocycles. The highest BCUT2D eigenvalue weighted by Crippen LogP contribution is 2.07. The molecule has 0 saturated carbocycles. The van der Waals surface area contributed by atoms with Crippen LogP contribution in [0.1, 0.15) is 13.3 Å². The van der Waals surface area contributed by atoms with Gasteiger partial charge in [0.15, 0.2) is 0 Å². The summed E-state index contributed by atoms with van der Waals surface area (Å²) < 4.78 is 0. The van der Waals surface area contributed by atoms with Gasteiger partial charge in [0.1, 0.15) is 0 Å². The zero-order chi connectivity index (χ0) is 10.4. The van der Waals surface area contributed by atoms with Gasteiger partial charge in [-0.15, -0.1) is 11.6 Å². The van der Waals surface area contributed by atoms with Crippen LogP contribution < -0.4 is 0 Å². The number of alkyl halides is 1. The number of carboxylic acid groups (broad SMARTS) is 1. The molecular formula is C9H16ClNO2. The predicted molar refractivity (Wildman–Crippen MR) is 54.2 cm³/mol. The highest BCUT2D eigenvalue weighted by atomic mass is 35.5. The van der Waals surface area contributed by atoms with Gasteiger partial charge in [-0.1, -0.05) is 6.08 Å². The number of carbonyl (C=O) groups is 1. The second-order valence-corrected chi connectivity index (χ2v) is 3.82. The number of rotatable bonds is 5. The fourth-order valence-electron chi connectivity index (χ4n) is 0.807. The molecule has 3 nitrogen and oxygen atoms in total. The van der Waals surface area contributed by atoms with Crippen molar-refractivity contribution in [2.45, 2.75) is 18.7 Å². The van der Waals surface area contributed by atoms with Gasteiger partial charge in [0.2, 0.25) is 0 Å². The summed E-state index contributed by atoms with van der Waals surface area (Å²) in [6.07, 6.45) is 2.34. The van der Waals surface area contributed by atoms with E-state index in [9.17, 15) is 4.79 Å². The smallest absolute Gasteiger partial charge is 0.330 e. The maximum Gasteiger partial charge on any atom is 0.330 e. The minimum Gasteiger partial charge on any atom is -0.478 e. The second-order valence-electron chi connectivity index (χ2n) is 3.26. The maximum atomic E-state index is 10.4. The molecule has 1 atom stereocenters. The first-order valence-electron chi connectivity index (χ1n) is 4.14. The van der Waals surface area contributed by atoms with E-state index >= 15 is 0 Å². The second kappa shape index (κ2) is 6.00. The molecule has 0 amide bonds. The summed E-state index contributed by atoms with van der Waals surface area (Å²) in [6, 6.07) is 0. The molecule has 0 aliphatic carbocycles. The Labute approximate surface area is 84.0 Å². The largest absolute Gasteiger partial charge is 0.478 e. The van der Waals surface area contributed by atoms with Crippen LogP contribution in [0.3, 0.4) is 0 Å². The van der Waals surface area contributed by atoms with Crippen molar-refractivity contribution < 1.29 is 9.90 Å². The van der Waals surface area contributed by atoms with Gasteiger partial charge in [-0.25, -0.2) is 4.79 Å². The summed E-state index contributed by atoms with van der Waals surface area (Å²) in [5, 5.41) is 8.38. The van der Waals surface area contributed by atoms with Gasteiger partial charge in [-0.3, -0.25) is 0 Å². The molecule has 0 aliphatic rings. The van der Waals surface area contributed by atoms with Crippen LogP contribution in [0.4, 0.5) is 0 Å². The molecule has 0 rings (SSSR count). The first-order chi connectivity index (χ1) is 5.93. The predicted octanol–water partition coefficient (Wildman–Crippen LogP) is 1.58. The van der Waals surface area contributed by atoms with Gasteiger partial charge in [0.05, 0.1) is 5.38 Å². The van der Waals surface area contributed by atoms with Crippen molar-refractivity contribution in [2.24, 2.45) is 0 Å². The lowest BCUT2D eigenvalue weighted by molar-refractivity contribution is -0.132. The Morgan fingerprint density at radius 3 is 2.54 bits per heavy atom. The van der Waals surface area contributed by atoms with E-state index in [2.05, 4.69) is 0 Å². The van der Waals surface area contributed by atoms with Crippen LogP contribution in [0.5, 0.6) is 0 Å². The minimum absolute atomic E-state index is 0.196. The van der Waals surface area contributed by atoms with E-state index in [0.717, 1.165) is 13.0 Å². The highest BCUT2D eigenvalue weighted by molar-refractivity contribution is 6.22. The molecule has 0 fully saturated rings. The third kappa shape index (κ3) is 6.61. The molecule has 1 unspecified atom stereocenters. The molecule has 13 heavy (non-hydrogen) atoms. The Hall–Kier alpha value is -0.540. The van der Waals surface area contributed by atoms with Crippen molar-refractivity contribution in [3.8, 4) is 0 Å². The zero-order valence-electron chi connectivity index (χ0n) is 8.25. The van der Waals surface area contributed by atoms with Crippen molar-refractivity contribution in [1.82, 2.24) is 4.90 Å². The van der Waals surface area contributed by atoms with Crippen LogP contribution in [-0.2, 0) is 4.79 Å². The molecule has 0 spiro atoms. The van der Waals surface area contributed by atoms with E-state index in [1.165, 1.54) is 0 Å². The number of hydrogen-bond donors (Lipinski definition) is 1. The highest BCUT2D eigenvalue weighted by Gasteiger charge is 2.05. The summed E-state index contributed by atoms with van der Waals surface area (Å²) in [5.41, 5.74) is 0.304. The van der Waals surface area contributed by atoms with E-state index in [4.69, 9.17) is 16.7 Å². The minimum atomic E-state index is -0.907. The summed E-state index contributed by atoms with van der Waals surface area (Å²) >= 11 is 5.90. The van der Waals surface area contributed by atoms with Gasteiger partial charge in [-0.2, -0.15) is 0 Å². The molecule has 0 aromatic rings. The van der Waals surface area contributed by atoms with Crippen molar-refractivity contribution in [3.63, 3.8) is 0 Å². The third-order valence-corrected chi connectivity index (χ3v) is 1.96. The van der Waals surface area contributed by atoms with E-state index in [1.807, 2.05) is 19.0 Å². The van der Waals surface area contributed by atoms with Gasteiger partial charge in [0, 0.05) is 5.57 Å². The van der Waals surface area contributed by atoms with Gasteiger partial charge in [0.25, 0.3) is 0 Å². The van der Waals surface area contributed by atoms with Gasteiger partial charge >= 0.3 is 5.97 Å². The molecule has 76 valence electrons. The van der Waals surface area contributed by atoms with Crippen LogP contribution in [0.25, 0.3) is 0 Å². The topological polar surface area (TPSA) is 40.5 Å².